The summed E-state index contributed by atoms with van der Waals surface area (Å²) >= 11 is 1.35. The molecule has 0 aromatic heterocycles. The number of carbonyl (C=O) groups is 2. The SMILES string of the molecule is COC(=O)[C@@H]1CCC[C@H](C(=O)OC)S1. The predicted molar refractivity (Wildman–Crippen MR) is 53.1 cm³/mol. The van der Waals surface area contributed by atoms with Gasteiger partial charge in [-0.2, -0.15) is 0 Å². The lowest BCUT2D eigenvalue weighted by atomic mass is 10.1. The van der Waals surface area contributed by atoms with Gasteiger partial charge in [-0.05, 0) is 12.8 Å². The molecule has 1 heterocycles. The Kier molecular flexibility index (Phi) is 4.25. The fourth-order valence-electron chi connectivity index (χ4n) is 1.43. The van der Waals surface area contributed by atoms with Gasteiger partial charge in [-0.25, -0.2) is 0 Å². The van der Waals surface area contributed by atoms with Gasteiger partial charge in [-0.15, -0.1) is 11.8 Å². The van der Waals surface area contributed by atoms with Gasteiger partial charge < -0.3 is 9.47 Å². The van der Waals surface area contributed by atoms with E-state index < -0.39 is 0 Å². The number of ether oxygens (including phenoxy) is 2. The molecule has 1 aliphatic rings. The highest BCUT2D eigenvalue weighted by atomic mass is 32.2. The van der Waals surface area contributed by atoms with Crippen LogP contribution in [0.5, 0.6) is 0 Å². The average molecular weight is 218 g/mol. The van der Waals surface area contributed by atoms with E-state index in [-0.39, 0.29) is 22.4 Å². The first-order valence-electron chi connectivity index (χ1n) is 4.50. The molecule has 0 aromatic rings. The zero-order valence-electron chi connectivity index (χ0n) is 8.32. The van der Waals surface area contributed by atoms with Crippen molar-refractivity contribution in [1.82, 2.24) is 0 Å². The lowest BCUT2D eigenvalue weighted by molar-refractivity contribution is -0.140. The maximum Gasteiger partial charge on any atom is 0.318 e. The van der Waals surface area contributed by atoms with E-state index in [2.05, 4.69) is 9.47 Å². The van der Waals surface area contributed by atoms with Crippen LogP contribution in [0.15, 0.2) is 0 Å². The van der Waals surface area contributed by atoms with E-state index >= 15 is 0 Å². The van der Waals surface area contributed by atoms with E-state index in [1.807, 2.05) is 0 Å². The maximum absolute atomic E-state index is 11.2. The van der Waals surface area contributed by atoms with Gasteiger partial charge in [-0.3, -0.25) is 9.59 Å². The smallest absolute Gasteiger partial charge is 0.318 e. The zero-order valence-corrected chi connectivity index (χ0v) is 9.13. The molecule has 0 unspecified atom stereocenters. The van der Waals surface area contributed by atoms with Crippen LogP contribution >= 0.6 is 11.8 Å². The number of esters is 2. The second-order valence-corrected chi connectivity index (χ2v) is 4.50. The van der Waals surface area contributed by atoms with Gasteiger partial charge in [0, 0.05) is 0 Å². The van der Waals surface area contributed by atoms with Gasteiger partial charge in [0.25, 0.3) is 0 Å². The highest BCUT2D eigenvalue weighted by Crippen LogP contribution is 2.32. The van der Waals surface area contributed by atoms with Crippen molar-refractivity contribution in [3.05, 3.63) is 0 Å². The van der Waals surface area contributed by atoms with E-state index in [9.17, 15) is 9.59 Å². The molecule has 0 saturated carbocycles. The average Bonchev–Trinajstić information content (AvgIpc) is 2.27. The van der Waals surface area contributed by atoms with Gasteiger partial charge in [0.1, 0.15) is 10.5 Å². The molecule has 5 heteroatoms. The summed E-state index contributed by atoms with van der Waals surface area (Å²) in [7, 11) is 2.73. The fourth-order valence-corrected chi connectivity index (χ4v) is 2.85. The van der Waals surface area contributed by atoms with Crippen LogP contribution in [0, 0.1) is 0 Å². The Morgan fingerprint density at radius 3 is 1.86 bits per heavy atom. The third-order valence-corrected chi connectivity index (χ3v) is 3.70. The number of methoxy groups -OCH3 is 2. The van der Waals surface area contributed by atoms with Crippen LogP contribution in [0.3, 0.4) is 0 Å². The summed E-state index contributed by atoms with van der Waals surface area (Å²) in [6, 6.07) is 0. The van der Waals surface area contributed by atoms with E-state index in [0.717, 1.165) is 19.3 Å². The van der Waals surface area contributed by atoms with Gasteiger partial charge >= 0.3 is 11.9 Å². The number of rotatable bonds is 2. The van der Waals surface area contributed by atoms with E-state index in [0.29, 0.717) is 0 Å². The Hall–Kier alpha value is -0.710. The van der Waals surface area contributed by atoms with Crippen LogP contribution in [0.4, 0.5) is 0 Å². The van der Waals surface area contributed by atoms with E-state index in [4.69, 9.17) is 0 Å². The molecule has 1 fully saturated rings. The largest absolute Gasteiger partial charge is 0.468 e. The predicted octanol–water partition coefficient (Wildman–Crippen LogP) is 0.987. The summed E-state index contributed by atoms with van der Waals surface area (Å²) in [5.74, 6) is -0.493. The van der Waals surface area contributed by atoms with Crippen LogP contribution in [-0.2, 0) is 19.1 Å². The second kappa shape index (κ2) is 5.24. The van der Waals surface area contributed by atoms with Crippen molar-refractivity contribution in [2.24, 2.45) is 0 Å². The fraction of sp³-hybridized carbons (Fsp3) is 0.778. The number of thioether (sulfide) groups is 1. The van der Waals surface area contributed by atoms with Gasteiger partial charge in [0.15, 0.2) is 0 Å². The minimum Gasteiger partial charge on any atom is -0.468 e. The van der Waals surface area contributed by atoms with E-state index in [1.165, 1.54) is 26.0 Å². The molecule has 14 heavy (non-hydrogen) atoms. The Balaban J connectivity index is 2.51. The molecule has 80 valence electrons. The Bertz CT molecular complexity index is 207. The standard InChI is InChI=1S/C9H14O4S/c1-12-8(10)6-4-3-5-7(14-6)9(11)13-2/h6-7H,3-5H2,1-2H3/t6-,7+. The van der Waals surface area contributed by atoms with E-state index in [1.54, 1.807) is 0 Å². The molecule has 0 aromatic carbocycles. The van der Waals surface area contributed by atoms with Crippen molar-refractivity contribution in [2.45, 2.75) is 29.8 Å². The first-order chi connectivity index (χ1) is 6.69. The Morgan fingerprint density at radius 2 is 1.50 bits per heavy atom. The van der Waals surface area contributed by atoms with Crippen molar-refractivity contribution >= 4 is 23.7 Å². The molecule has 4 nitrogen and oxygen atoms in total. The highest BCUT2D eigenvalue weighted by Gasteiger charge is 2.32. The molecule has 0 aliphatic carbocycles. The van der Waals surface area contributed by atoms with Crippen molar-refractivity contribution in [1.29, 1.82) is 0 Å². The van der Waals surface area contributed by atoms with Crippen LogP contribution in [0.25, 0.3) is 0 Å². The molecular formula is C9H14O4S. The second-order valence-electron chi connectivity index (χ2n) is 3.09. The summed E-state index contributed by atoms with van der Waals surface area (Å²) in [4.78, 5) is 22.5. The van der Waals surface area contributed by atoms with Crippen LogP contribution < -0.4 is 0 Å². The number of carbonyl (C=O) groups excluding carboxylic acids is 2. The lowest BCUT2D eigenvalue weighted by Crippen LogP contribution is -2.31. The molecule has 1 aliphatic heterocycles. The van der Waals surface area contributed by atoms with Crippen molar-refractivity contribution < 1.29 is 19.1 Å². The van der Waals surface area contributed by atoms with Gasteiger partial charge in [-0.1, -0.05) is 6.42 Å². The summed E-state index contributed by atoms with van der Waals surface area (Å²) in [6.45, 7) is 0. The third-order valence-electron chi connectivity index (χ3n) is 2.19. The molecule has 0 N–H and O–H groups in total. The molecular weight excluding hydrogens is 204 g/mol. The lowest BCUT2D eigenvalue weighted by Gasteiger charge is -2.24. The van der Waals surface area contributed by atoms with Gasteiger partial charge in [0.2, 0.25) is 0 Å². The Morgan fingerprint density at radius 1 is 1.07 bits per heavy atom. The molecule has 0 radical (unpaired) electrons. The molecule has 0 bridgehead atoms. The van der Waals surface area contributed by atoms with Crippen LogP contribution in [-0.4, -0.2) is 36.7 Å². The minimum absolute atomic E-state index is 0.210. The summed E-state index contributed by atoms with van der Waals surface area (Å²) in [6.07, 6.45) is 2.43. The minimum atomic E-state index is -0.247. The normalized spacial score (nSPS) is 26.7. The monoisotopic (exact) mass is 218 g/mol. The molecule has 2 atom stereocenters. The molecule has 0 amide bonds. The molecule has 1 rings (SSSR count). The molecule has 0 spiro atoms. The quantitative estimate of drug-likeness (QED) is 0.647. The highest BCUT2D eigenvalue weighted by molar-refractivity contribution is 8.01. The Labute approximate surface area is 87.3 Å². The first-order valence-corrected chi connectivity index (χ1v) is 5.44. The number of hydrogen-bond acceptors (Lipinski definition) is 5. The summed E-state index contributed by atoms with van der Waals surface area (Å²) in [5.41, 5.74) is 0. The van der Waals surface area contributed by atoms with Gasteiger partial charge in [0.05, 0.1) is 14.2 Å². The number of hydrogen-bond donors (Lipinski definition) is 0. The van der Waals surface area contributed by atoms with Crippen molar-refractivity contribution in [3.8, 4) is 0 Å². The summed E-state index contributed by atoms with van der Waals surface area (Å²) in [5, 5.41) is -0.421. The topological polar surface area (TPSA) is 52.6 Å². The maximum atomic E-state index is 11.2. The molecule has 1 saturated heterocycles. The van der Waals surface area contributed by atoms with Crippen LogP contribution in [0.2, 0.25) is 0 Å². The zero-order chi connectivity index (χ0) is 10.6. The van der Waals surface area contributed by atoms with Crippen LogP contribution in [0.1, 0.15) is 19.3 Å². The summed E-state index contributed by atoms with van der Waals surface area (Å²) < 4.78 is 9.28. The van der Waals surface area contributed by atoms with Crippen molar-refractivity contribution in [3.63, 3.8) is 0 Å². The van der Waals surface area contributed by atoms with Crippen molar-refractivity contribution in [2.75, 3.05) is 14.2 Å². The first kappa shape index (κ1) is 11.4. The third kappa shape index (κ3) is 2.64.